The van der Waals surface area contributed by atoms with Gasteiger partial charge in [-0.15, -0.1) is 0 Å². The van der Waals surface area contributed by atoms with Crippen LogP contribution < -0.4 is 0 Å². The quantitative estimate of drug-likeness (QED) is 0.338. The van der Waals surface area contributed by atoms with Crippen molar-refractivity contribution < 1.29 is 13.0 Å². The van der Waals surface area contributed by atoms with Gasteiger partial charge < -0.3 is 0 Å². The first-order valence-electron chi connectivity index (χ1n) is 5.16. The normalized spacial score (nSPS) is 14.8. The van der Waals surface area contributed by atoms with Crippen LogP contribution in [0.1, 0.15) is 27.2 Å². The van der Waals surface area contributed by atoms with E-state index in [1.165, 1.54) is 0 Å². The van der Waals surface area contributed by atoms with Gasteiger partial charge in [0.25, 0.3) is 10.1 Å². The molecule has 4 nitrogen and oxygen atoms in total. The predicted octanol–water partition coefficient (Wildman–Crippen LogP) is 2.25. The lowest BCUT2D eigenvalue weighted by Gasteiger charge is -2.01. The van der Waals surface area contributed by atoms with Crippen LogP contribution in [0.4, 0.5) is 0 Å². The van der Waals surface area contributed by atoms with Crippen LogP contribution in [0.5, 0.6) is 0 Å². The third-order valence-electron chi connectivity index (χ3n) is 1.98. The fraction of sp³-hybridized carbons (Fsp3) is 0.545. The first-order chi connectivity index (χ1) is 7.40. The van der Waals surface area contributed by atoms with Crippen molar-refractivity contribution in [3.63, 3.8) is 0 Å². The molecule has 0 aliphatic carbocycles. The van der Waals surface area contributed by atoms with Gasteiger partial charge in [0.05, 0.1) is 5.75 Å². The number of nitrogens with zero attached hydrogens (tertiary/aromatic N) is 1. The highest BCUT2D eigenvalue weighted by Gasteiger charge is 2.02. The summed E-state index contributed by atoms with van der Waals surface area (Å²) in [6, 6.07) is 0. The van der Waals surface area contributed by atoms with Crippen molar-refractivity contribution in [1.82, 2.24) is 0 Å². The summed E-state index contributed by atoms with van der Waals surface area (Å²) in [5, 5.41) is 0. The molecule has 0 aromatic heterocycles. The zero-order chi connectivity index (χ0) is 12.6. The summed E-state index contributed by atoms with van der Waals surface area (Å²) < 4.78 is 29.4. The van der Waals surface area contributed by atoms with Gasteiger partial charge in [0, 0.05) is 12.3 Å². The fourth-order valence-corrected chi connectivity index (χ4v) is 1.68. The molecular weight excluding hydrogens is 226 g/mol. The van der Waals surface area contributed by atoms with Crippen LogP contribution in [0.2, 0.25) is 0 Å². The molecule has 0 saturated heterocycles. The number of hydrogen-bond donors (Lipinski definition) is 1. The van der Waals surface area contributed by atoms with Gasteiger partial charge in [-0.25, -0.2) is 0 Å². The van der Waals surface area contributed by atoms with Gasteiger partial charge >= 0.3 is 0 Å². The molecule has 0 saturated carbocycles. The highest BCUT2D eigenvalue weighted by molar-refractivity contribution is 7.85. The second-order valence-electron chi connectivity index (χ2n) is 3.35. The molecule has 0 atom stereocenters. The van der Waals surface area contributed by atoms with Crippen LogP contribution in [-0.4, -0.2) is 31.0 Å². The van der Waals surface area contributed by atoms with Crippen LogP contribution in [0.25, 0.3) is 0 Å². The Balaban J connectivity index is 4.25. The van der Waals surface area contributed by atoms with E-state index in [1.54, 1.807) is 0 Å². The summed E-state index contributed by atoms with van der Waals surface area (Å²) in [4.78, 5) is 4.24. The van der Waals surface area contributed by atoms with Gasteiger partial charge in [0.15, 0.2) is 0 Å². The maximum absolute atomic E-state index is 10.5. The number of rotatable bonds is 6. The molecule has 0 aliphatic heterocycles. The lowest BCUT2D eigenvalue weighted by atomic mass is 10.1. The topological polar surface area (TPSA) is 66.7 Å². The molecule has 0 fully saturated rings. The van der Waals surface area contributed by atoms with E-state index in [0.29, 0.717) is 13.0 Å². The third-order valence-corrected chi connectivity index (χ3v) is 2.79. The summed E-state index contributed by atoms with van der Waals surface area (Å²) in [6.07, 6.45) is 6.15. The van der Waals surface area contributed by atoms with E-state index in [2.05, 4.69) is 4.99 Å². The summed E-state index contributed by atoms with van der Waals surface area (Å²) in [7, 11) is -3.86. The van der Waals surface area contributed by atoms with Gasteiger partial charge in [-0.1, -0.05) is 18.2 Å². The van der Waals surface area contributed by atoms with E-state index in [9.17, 15) is 8.42 Å². The fourth-order valence-electron chi connectivity index (χ4n) is 1.19. The van der Waals surface area contributed by atoms with Crippen LogP contribution in [0.15, 0.2) is 28.8 Å². The second kappa shape index (κ2) is 7.35. The van der Waals surface area contributed by atoms with E-state index < -0.39 is 10.1 Å². The molecular formula is C11H19NO3S. The Morgan fingerprint density at radius 3 is 2.44 bits per heavy atom. The van der Waals surface area contributed by atoms with Gasteiger partial charge in [-0.2, -0.15) is 8.42 Å². The highest BCUT2D eigenvalue weighted by Crippen LogP contribution is 2.01. The van der Waals surface area contributed by atoms with E-state index in [1.807, 2.05) is 39.0 Å². The maximum Gasteiger partial charge on any atom is 0.264 e. The molecule has 16 heavy (non-hydrogen) atoms. The first kappa shape index (κ1) is 15.1. The maximum atomic E-state index is 10.5. The van der Waals surface area contributed by atoms with E-state index >= 15 is 0 Å². The van der Waals surface area contributed by atoms with Gasteiger partial charge in [0.2, 0.25) is 0 Å². The third kappa shape index (κ3) is 7.36. The van der Waals surface area contributed by atoms with Gasteiger partial charge in [-0.3, -0.25) is 9.55 Å². The Hall–Kier alpha value is -0.940. The molecule has 0 rings (SSSR count). The van der Waals surface area contributed by atoms with Crippen molar-refractivity contribution in [2.45, 2.75) is 27.2 Å². The van der Waals surface area contributed by atoms with Gasteiger partial charge in [-0.05, 0) is 32.8 Å². The molecule has 5 heteroatoms. The molecule has 0 bridgehead atoms. The van der Waals surface area contributed by atoms with Crippen molar-refractivity contribution in [2.24, 2.45) is 4.99 Å². The average molecular weight is 245 g/mol. The molecule has 0 unspecified atom stereocenters. The average Bonchev–Trinajstić information content (AvgIpc) is 2.19. The second-order valence-corrected chi connectivity index (χ2v) is 4.92. The molecule has 0 amide bonds. The monoisotopic (exact) mass is 245 g/mol. The number of aliphatic imine (C=N–C) groups is 1. The Bertz CT molecular complexity index is 391. The van der Waals surface area contributed by atoms with Crippen LogP contribution in [-0.2, 0) is 10.1 Å². The summed E-state index contributed by atoms with van der Waals surface area (Å²) in [5.74, 6) is -0.238. The minimum absolute atomic E-state index is 0.238. The van der Waals surface area contributed by atoms with Crippen molar-refractivity contribution in [1.29, 1.82) is 0 Å². The number of allylic oxidation sites excluding steroid dienone is 4. The Morgan fingerprint density at radius 1 is 1.38 bits per heavy atom. The molecule has 0 spiro atoms. The molecule has 92 valence electrons. The molecule has 0 heterocycles. The molecule has 1 N–H and O–H groups in total. The Kier molecular flexibility index (Phi) is 6.92. The van der Waals surface area contributed by atoms with Crippen molar-refractivity contribution >= 4 is 15.8 Å². The lowest BCUT2D eigenvalue weighted by Crippen LogP contribution is -2.06. The van der Waals surface area contributed by atoms with E-state index in [0.717, 1.165) is 11.3 Å². The van der Waals surface area contributed by atoms with E-state index in [4.69, 9.17) is 4.55 Å². The zero-order valence-corrected chi connectivity index (χ0v) is 10.8. The number of hydrogen-bond acceptors (Lipinski definition) is 3. The summed E-state index contributed by atoms with van der Waals surface area (Å²) >= 11 is 0. The van der Waals surface area contributed by atoms with Crippen LogP contribution in [0.3, 0.4) is 0 Å². The smallest absolute Gasteiger partial charge is 0.264 e. The first-order valence-corrected chi connectivity index (χ1v) is 6.77. The minimum Gasteiger partial charge on any atom is -0.289 e. The molecule has 0 aromatic carbocycles. The molecule has 0 aromatic rings. The van der Waals surface area contributed by atoms with Crippen LogP contribution in [0, 0.1) is 0 Å². The van der Waals surface area contributed by atoms with Crippen molar-refractivity contribution in [2.75, 3.05) is 12.3 Å². The highest BCUT2D eigenvalue weighted by atomic mass is 32.2. The summed E-state index contributed by atoms with van der Waals surface area (Å²) in [5.41, 5.74) is 1.89. The Labute approximate surface area is 97.5 Å². The SMILES string of the molecule is C/C=C\C(=C/C)C(C)=NCCCS(=O)(=O)O. The standard InChI is InChI=1S/C11H19NO3S/c1-4-7-11(5-2)10(3)12-8-6-9-16(13,14)15/h4-5,7H,6,8-9H2,1-3H3,(H,13,14,15)/b7-4-,11-5+,12-10?. The molecule has 0 aliphatic rings. The van der Waals surface area contributed by atoms with Crippen molar-refractivity contribution in [3.8, 4) is 0 Å². The molecule has 0 radical (unpaired) electrons. The lowest BCUT2D eigenvalue weighted by molar-refractivity contribution is 0.481. The minimum atomic E-state index is -3.86. The van der Waals surface area contributed by atoms with Crippen LogP contribution >= 0.6 is 0 Å². The largest absolute Gasteiger partial charge is 0.289 e. The van der Waals surface area contributed by atoms with Gasteiger partial charge in [0.1, 0.15) is 0 Å². The van der Waals surface area contributed by atoms with E-state index in [-0.39, 0.29) is 5.75 Å². The predicted molar refractivity (Wildman–Crippen MR) is 67.6 cm³/mol. The zero-order valence-electron chi connectivity index (χ0n) is 9.97. The van der Waals surface area contributed by atoms with Crippen molar-refractivity contribution in [3.05, 3.63) is 23.8 Å². The summed E-state index contributed by atoms with van der Waals surface area (Å²) in [6.45, 7) is 6.13. The Morgan fingerprint density at radius 2 is 2.00 bits per heavy atom.